The SMILES string of the molecule is CC(C)(C)CP=O.[Cl][Re].c1ccc(P(CCP(c2ccccc2)c2ccccc2)c2ccccc2)cc1.c1ccc(P(CCP(c2ccccc2)c2ccccc2)c2ccccc2)cc1. The molecule has 0 radical (unpaired) electrons. The maximum atomic E-state index is 9.92. The van der Waals surface area contributed by atoms with Gasteiger partial charge in [0.15, 0.2) is 8.46 Å². The van der Waals surface area contributed by atoms with Crippen molar-refractivity contribution in [2.45, 2.75) is 20.8 Å². The normalized spacial score (nSPS) is 11.0. The molecular weight excluding hydrogens is 1080 g/mol. The van der Waals surface area contributed by atoms with Crippen molar-refractivity contribution in [1.29, 1.82) is 0 Å². The van der Waals surface area contributed by atoms with Gasteiger partial charge in [-0.15, -0.1) is 0 Å². The number of hydrogen-bond donors (Lipinski definition) is 0. The average molecular weight is 1140 g/mol. The Morgan fingerprint density at radius 3 is 0.554 bits per heavy atom. The van der Waals surface area contributed by atoms with E-state index in [1.165, 1.54) is 85.3 Å². The molecule has 8 heteroatoms. The van der Waals surface area contributed by atoms with Crippen molar-refractivity contribution >= 4 is 92.1 Å². The van der Waals surface area contributed by atoms with E-state index >= 15 is 0 Å². The van der Waals surface area contributed by atoms with Gasteiger partial charge in [0, 0.05) is 6.16 Å². The molecule has 8 rings (SSSR count). The minimum Gasteiger partial charge on any atom is -0.0622 e. The summed E-state index contributed by atoms with van der Waals surface area (Å²) < 4.78 is 9.92. The second-order valence-corrected chi connectivity index (χ2v) is 26.1. The van der Waals surface area contributed by atoms with Crippen LogP contribution in [-0.2, 0) is 22.7 Å². The maximum Gasteiger partial charge on any atom is -0.0195 e. The topological polar surface area (TPSA) is 17.1 Å². The Bertz CT molecular complexity index is 1940. The Morgan fingerprint density at radius 1 is 0.323 bits per heavy atom. The summed E-state index contributed by atoms with van der Waals surface area (Å²) in [5.41, 5.74) is 0.226. The summed E-state index contributed by atoms with van der Waals surface area (Å²) in [4.78, 5) is 0. The van der Waals surface area contributed by atoms with Crippen LogP contribution in [0.3, 0.4) is 0 Å². The third kappa shape index (κ3) is 18.3. The molecule has 65 heavy (non-hydrogen) atoms. The molecule has 0 aromatic heterocycles. The summed E-state index contributed by atoms with van der Waals surface area (Å²) in [5, 5.41) is 11.8. The molecule has 0 bridgehead atoms. The summed E-state index contributed by atoms with van der Waals surface area (Å²) in [6, 6.07) is 88.4. The predicted molar refractivity (Wildman–Crippen MR) is 294 cm³/mol. The third-order valence-electron chi connectivity index (χ3n) is 10.2. The Hall–Kier alpha value is -3.47. The van der Waals surface area contributed by atoms with Gasteiger partial charge in [-0.05, 0) is 104 Å². The molecule has 0 N–H and O–H groups in total. The first-order valence-electron chi connectivity index (χ1n) is 21.8. The second-order valence-electron chi connectivity index (χ2n) is 16.1. The number of rotatable bonds is 15. The van der Waals surface area contributed by atoms with Crippen LogP contribution in [0, 0.1) is 5.41 Å². The summed E-state index contributed by atoms with van der Waals surface area (Å²) in [5.74, 6) is 0. The molecule has 0 unspecified atom stereocenters. The maximum absolute atomic E-state index is 9.92. The van der Waals surface area contributed by atoms with Crippen LogP contribution in [0.5, 0.6) is 0 Å². The molecule has 0 saturated heterocycles. The first-order valence-corrected chi connectivity index (χ1v) is 32.3. The summed E-state index contributed by atoms with van der Waals surface area (Å²) in [6.45, 7) is 6.20. The number of hydrogen-bond acceptors (Lipinski definition) is 1. The van der Waals surface area contributed by atoms with Gasteiger partial charge < -0.3 is 0 Å². The van der Waals surface area contributed by atoms with Gasteiger partial charge in [0.1, 0.15) is 0 Å². The molecule has 0 fully saturated rings. The van der Waals surface area contributed by atoms with Crippen LogP contribution in [0.4, 0.5) is 0 Å². The Kier molecular flexibility index (Phi) is 24.2. The number of benzene rings is 8. The average Bonchev–Trinajstić information content (AvgIpc) is 3.37. The first-order chi connectivity index (χ1) is 31.9. The van der Waals surface area contributed by atoms with Gasteiger partial charge in [-0.3, -0.25) is 4.57 Å². The molecule has 0 heterocycles. The van der Waals surface area contributed by atoms with Crippen LogP contribution in [0.25, 0.3) is 0 Å². The summed E-state index contributed by atoms with van der Waals surface area (Å²) in [7, 11) is 3.56. The molecule has 0 atom stereocenters. The zero-order chi connectivity index (χ0) is 46.0. The summed E-state index contributed by atoms with van der Waals surface area (Å²) in [6.07, 6.45) is 5.59. The minimum absolute atomic E-state index is 0.226. The van der Waals surface area contributed by atoms with E-state index in [1.807, 2.05) is 0 Å². The fourth-order valence-electron chi connectivity index (χ4n) is 7.09. The smallest absolute Gasteiger partial charge is 0.0195 e. The van der Waals surface area contributed by atoms with Gasteiger partial charge in [0.25, 0.3) is 0 Å². The zero-order valence-electron chi connectivity index (χ0n) is 37.5. The van der Waals surface area contributed by atoms with E-state index in [-0.39, 0.29) is 45.6 Å². The van der Waals surface area contributed by atoms with E-state index in [9.17, 15) is 4.57 Å². The molecule has 0 amide bonds. The van der Waals surface area contributed by atoms with Gasteiger partial charge in [-0.2, -0.15) is 0 Å². The molecule has 8 aromatic rings. The monoisotopic (exact) mass is 1140 g/mol. The Morgan fingerprint density at radius 2 is 0.462 bits per heavy atom. The van der Waals surface area contributed by atoms with Crippen LogP contribution in [0.15, 0.2) is 243 Å². The molecule has 0 aliphatic carbocycles. The van der Waals surface area contributed by atoms with E-state index < -0.39 is 0 Å². The first kappa shape index (κ1) is 52.5. The second kappa shape index (κ2) is 30.0. The van der Waals surface area contributed by atoms with E-state index in [2.05, 4.69) is 263 Å². The van der Waals surface area contributed by atoms with Crippen molar-refractivity contribution in [3.63, 3.8) is 0 Å². The standard InChI is InChI=1S/2C26H24P2.C5H11OP.ClH.Re/c2*1-5-13-23(14-6-1)27(24-15-7-2-8-16-24)21-22-28(25-17-9-3-10-18-25)26-19-11-4-12-20-26;1-5(2,3)4-7-6;;/h2*1-20H,21-22H2;4H2,1-3H3;1H;/q;;;;+1/p-1. The quantitative estimate of drug-likeness (QED) is 0.0935. The van der Waals surface area contributed by atoms with Gasteiger partial charge in [0.05, 0.1) is 0 Å². The summed E-state index contributed by atoms with van der Waals surface area (Å²) >= 11 is 1.19. The van der Waals surface area contributed by atoms with Crippen LogP contribution < -0.4 is 42.4 Å². The van der Waals surface area contributed by atoms with Crippen LogP contribution in [0.2, 0.25) is 0 Å². The van der Waals surface area contributed by atoms with Crippen molar-refractivity contribution in [3.8, 4) is 0 Å². The van der Waals surface area contributed by atoms with Gasteiger partial charge >= 0.3 is 27.7 Å². The van der Waals surface area contributed by atoms with E-state index in [1.54, 1.807) is 0 Å². The van der Waals surface area contributed by atoms with Crippen molar-refractivity contribution in [2.24, 2.45) is 5.41 Å². The van der Waals surface area contributed by atoms with Crippen molar-refractivity contribution < 1.29 is 22.7 Å². The van der Waals surface area contributed by atoms with E-state index in [4.69, 9.17) is 9.53 Å². The molecule has 332 valence electrons. The molecule has 0 saturated carbocycles. The molecule has 8 aromatic carbocycles. The van der Waals surface area contributed by atoms with E-state index in [0.717, 1.165) is 6.16 Å². The fraction of sp³-hybridized carbons (Fsp3) is 0.158. The predicted octanol–water partition coefficient (Wildman–Crippen LogP) is 13.5. The van der Waals surface area contributed by atoms with Crippen LogP contribution >= 0.6 is 49.7 Å². The van der Waals surface area contributed by atoms with Crippen LogP contribution in [-0.4, -0.2) is 30.8 Å². The molecule has 0 aliphatic rings. The molecular formula is C57H59ClOP5Re. The van der Waals surface area contributed by atoms with Crippen LogP contribution in [0.1, 0.15) is 20.8 Å². The third-order valence-corrected chi connectivity index (χ3v) is 22.0. The van der Waals surface area contributed by atoms with Gasteiger partial charge in [-0.25, -0.2) is 0 Å². The van der Waals surface area contributed by atoms with Crippen molar-refractivity contribution in [3.05, 3.63) is 243 Å². The minimum atomic E-state index is -0.348. The number of halogens is 1. The fourth-order valence-corrected chi connectivity index (χ4v) is 18.2. The van der Waals surface area contributed by atoms with Gasteiger partial charge in [0.2, 0.25) is 0 Å². The van der Waals surface area contributed by atoms with E-state index in [0.29, 0.717) is 0 Å². The van der Waals surface area contributed by atoms with Crippen molar-refractivity contribution in [2.75, 3.05) is 30.8 Å². The zero-order valence-corrected chi connectivity index (χ0v) is 45.5. The van der Waals surface area contributed by atoms with Crippen molar-refractivity contribution in [1.82, 2.24) is 0 Å². The Balaban J connectivity index is 0.000000206. The molecule has 0 spiro atoms. The molecule has 1 nitrogen and oxygen atoms in total. The Labute approximate surface area is 411 Å². The van der Waals surface area contributed by atoms with Gasteiger partial charge in [-0.1, -0.05) is 263 Å². The molecule has 0 aliphatic heterocycles. The largest absolute Gasteiger partial charge is 0.0622 e.